The van der Waals surface area contributed by atoms with Crippen LogP contribution in [0.2, 0.25) is 0 Å². The number of benzene rings is 1. The summed E-state index contributed by atoms with van der Waals surface area (Å²) in [5.74, 6) is -0.406. The average Bonchev–Trinajstić information content (AvgIpc) is 2.43. The van der Waals surface area contributed by atoms with Gasteiger partial charge in [0.25, 0.3) is 0 Å². The monoisotopic (exact) mass is 353 g/mol. The standard InChI is InChI=1S/C18H28FN3O3/c1-12(2)18(6,11-20-16(24)25-17(3,4)5)22-15(23)21-14-9-7-8-13(19)10-14/h7-10,12H,11H2,1-6H3,(H,20,24)(H2,21,22,23)/t18-/m1/s1. The Kier molecular flexibility index (Phi) is 6.78. The molecule has 1 rings (SSSR count). The first-order chi connectivity index (χ1) is 11.4. The zero-order valence-electron chi connectivity index (χ0n) is 15.7. The van der Waals surface area contributed by atoms with Crippen LogP contribution in [0.4, 0.5) is 19.7 Å². The Balaban J connectivity index is 2.68. The van der Waals surface area contributed by atoms with Crippen LogP contribution in [0.25, 0.3) is 0 Å². The molecule has 25 heavy (non-hydrogen) atoms. The lowest BCUT2D eigenvalue weighted by molar-refractivity contribution is 0.0505. The third kappa shape index (κ3) is 7.41. The zero-order valence-corrected chi connectivity index (χ0v) is 15.7. The van der Waals surface area contributed by atoms with Crippen molar-refractivity contribution in [3.05, 3.63) is 30.1 Å². The minimum absolute atomic E-state index is 0.0284. The highest BCUT2D eigenvalue weighted by Crippen LogP contribution is 2.17. The van der Waals surface area contributed by atoms with Gasteiger partial charge in [-0.1, -0.05) is 19.9 Å². The summed E-state index contributed by atoms with van der Waals surface area (Å²) < 4.78 is 18.4. The normalized spacial score (nSPS) is 13.8. The molecule has 0 aliphatic carbocycles. The second-order valence-electron chi connectivity index (χ2n) is 7.52. The van der Waals surface area contributed by atoms with Gasteiger partial charge in [-0.3, -0.25) is 0 Å². The minimum Gasteiger partial charge on any atom is -0.444 e. The molecule has 0 heterocycles. The number of carbonyl (C=O) groups is 2. The maximum atomic E-state index is 13.2. The molecule has 1 atom stereocenters. The summed E-state index contributed by atoms with van der Waals surface area (Å²) in [6, 6.07) is 5.15. The van der Waals surface area contributed by atoms with E-state index in [1.165, 1.54) is 18.2 Å². The molecule has 0 unspecified atom stereocenters. The maximum Gasteiger partial charge on any atom is 0.407 e. The van der Waals surface area contributed by atoms with Gasteiger partial charge in [0.15, 0.2) is 0 Å². The number of hydrogen-bond donors (Lipinski definition) is 3. The molecule has 3 N–H and O–H groups in total. The Morgan fingerprint density at radius 3 is 2.36 bits per heavy atom. The SMILES string of the molecule is CC(C)[C@@](C)(CNC(=O)OC(C)(C)C)NC(=O)Nc1cccc(F)c1. The lowest BCUT2D eigenvalue weighted by atomic mass is 9.88. The molecule has 0 aromatic heterocycles. The summed E-state index contributed by atoms with van der Waals surface area (Å²) in [7, 11) is 0. The maximum absolute atomic E-state index is 13.2. The number of amides is 3. The fourth-order valence-electron chi connectivity index (χ4n) is 1.95. The van der Waals surface area contributed by atoms with Crippen molar-refractivity contribution in [2.45, 2.75) is 52.7 Å². The van der Waals surface area contributed by atoms with Gasteiger partial charge in [0, 0.05) is 12.2 Å². The lowest BCUT2D eigenvalue weighted by Gasteiger charge is -2.35. The van der Waals surface area contributed by atoms with Crippen molar-refractivity contribution in [2.24, 2.45) is 5.92 Å². The van der Waals surface area contributed by atoms with E-state index < -0.39 is 29.1 Å². The number of carbonyl (C=O) groups excluding carboxylic acids is 2. The van der Waals surface area contributed by atoms with Crippen LogP contribution in [0.1, 0.15) is 41.5 Å². The molecule has 140 valence electrons. The predicted octanol–water partition coefficient (Wildman–Crippen LogP) is 3.89. The van der Waals surface area contributed by atoms with E-state index in [2.05, 4.69) is 16.0 Å². The molecule has 3 amide bonds. The molecule has 0 bridgehead atoms. The average molecular weight is 353 g/mol. The van der Waals surface area contributed by atoms with Crippen LogP contribution >= 0.6 is 0 Å². The summed E-state index contributed by atoms with van der Waals surface area (Å²) in [5, 5.41) is 8.10. The number of hydrogen-bond acceptors (Lipinski definition) is 3. The smallest absolute Gasteiger partial charge is 0.407 e. The van der Waals surface area contributed by atoms with Gasteiger partial charge in [-0.05, 0) is 51.8 Å². The second-order valence-corrected chi connectivity index (χ2v) is 7.52. The Labute approximate surface area is 148 Å². The minimum atomic E-state index is -0.714. The number of anilines is 1. The van der Waals surface area contributed by atoms with E-state index in [9.17, 15) is 14.0 Å². The molecule has 6 nitrogen and oxygen atoms in total. The van der Waals surface area contributed by atoms with Crippen molar-refractivity contribution in [3.8, 4) is 0 Å². The molecular formula is C18H28FN3O3. The van der Waals surface area contributed by atoms with Crippen LogP contribution in [-0.2, 0) is 4.74 Å². The Morgan fingerprint density at radius 1 is 1.20 bits per heavy atom. The van der Waals surface area contributed by atoms with E-state index in [1.54, 1.807) is 26.8 Å². The number of nitrogens with one attached hydrogen (secondary N) is 3. The molecule has 1 aromatic rings. The van der Waals surface area contributed by atoms with Crippen molar-refractivity contribution >= 4 is 17.8 Å². The van der Waals surface area contributed by atoms with Gasteiger partial charge in [-0.15, -0.1) is 0 Å². The summed E-state index contributed by atoms with van der Waals surface area (Å²) in [5.41, 5.74) is -0.960. The van der Waals surface area contributed by atoms with E-state index in [4.69, 9.17) is 4.74 Å². The van der Waals surface area contributed by atoms with Gasteiger partial charge in [0.05, 0.1) is 5.54 Å². The molecule has 7 heteroatoms. The van der Waals surface area contributed by atoms with Crippen LogP contribution in [0.15, 0.2) is 24.3 Å². The Hall–Kier alpha value is -2.31. The molecule has 0 fully saturated rings. The van der Waals surface area contributed by atoms with Gasteiger partial charge in [-0.25, -0.2) is 14.0 Å². The van der Waals surface area contributed by atoms with Crippen LogP contribution in [0.5, 0.6) is 0 Å². The number of rotatable bonds is 5. The first kappa shape index (κ1) is 20.7. The van der Waals surface area contributed by atoms with E-state index in [0.29, 0.717) is 5.69 Å². The van der Waals surface area contributed by atoms with Crippen molar-refractivity contribution in [1.82, 2.24) is 10.6 Å². The highest BCUT2D eigenvalue weighted by atomic mass is 19.1. The van der Waals surface area contributed by atoms with Crippen LogP contribution in [0.3, 0.4) is 0 Å². The van der Waals surface area contributed by atoms with Gasteiger partial charge in [0.2, 0.25) is 0 Å². The number of ether oxygens (including phenoxy) is 1. The molecule has 0 saturated heterocycles. The third-order valence-corrected chi connectivity index (χ3v) is 3.75. The summed E-state index contributed by atoms with van der Waals surface area (Å²) in [4.78, 5) is 24.1. The summed E-state index contributed by atoms with van der Waals surface area (Å²) in [6.45, 7) is 11.2. The molecule has 0 radical (unpaired) electrons. The number of urea groups is 1. The topological polar surface area (TPSA) is 79.5 Å². The van der Waals surface area contributed by atoms with Gasteiger partial charge in [-0.2, -0.15) is 0 Å². The summed E-state index contributed by atoms with van der Waals surface area (Å²) in [6.07, 6.45) is -0.549. The fourth-order valence-corrected chi connectivity index (χ4v) is 1.95. The summed E-state index contributed by atoms with van der Waals surface area (Å²) >= 11 is 0. The highest BCUT2D eigenvalue weighted by molar-refractivity contribution is 5.89. The predicted molar refractivity (Wildman–Crippen MR) is 96.0 cm³/mol. The quantitative estimate of drug-likeness (QED) is 0.751. The molecule has 0 spiro atoms. The molecular weight excluding hydrogens is 325 g/mol. The second kappa shape index (κ2) is 8.18. The first-order valence-electron chi connectivity index (χ1n) is 8.23. The van der Waals surface area contributed by atoms with Gasteiger partial charge < -0.3 is 20.7 Å². The Bertz CT molecular complexity index is 614. The molecule has 1 aromatic carbocycles. The van der Waals surface area contributed by atoms with Crippen molar-refractivity contribution < 1.29 is 18.7 Å². The Morgan fingerprint density at radius 2 is 1.84 bits per heavy atom. The largest absolute Gasteiger partial charge is 0.444 e. The van der Waals surface area contributed by atoms with E-state index in [0.717, 1.165) is 0 Å². The number of alkyl carbamates (subject to hydrolysis) is 1. The van der Waals surface area contributed by atoms with Crippen LogP contribution in [-0.4, -0.2) is 29.8 Å². The highest BCUT2D eigenvalue weighted by Gasteiger charge is 2.31. The van der Waals surface area contributed by atoms with Crippen molar-refractivity contribution in [3.63, 3.8) is 0 Å². The molecule has 0 saturated carbocycles. The van der Waals surface area contributed by atoms with E-state index >= 15 is 0 Å². The van der Waals surface area contributed by atoms with E-state index in [-0.39, 0.29) is 12.5 Å². The van der Waals surface area contributed by atoms with E-state index in [1.807, 2.05) is 20.8 Å². The van der Waals surface area contributed by atoms with Crippen molar-refractivity contribution in [1.29, 1.82) is 0 Å². The first-order valence-corrected chi connectivity index (χ1v) is 8.23. The van der Waals surface area contributed by atoms with Crippen molar-refractivity contribution in [2.75, 3.05) is 11.9 Å². The lowest BCUT2D eigenvalue weighted by Crippen LogP contribution is -2.58. The third-order valence-electron chi connectivity index (χ3n) is 3.75. The zero-order chi connectivity index (χ0) is 19.3. The fraction of sp³-hybridized carbons (Fsp3) is 0.556. The van der Waals surface area contributed by atoms with Gasteiger partial charge >= 0.3 is 12.1 Å². The molecule has 0 aliphatic rings. The van der Waals surface area contributed by atoms with Gasteiger partial charge in [0.1, 0.15) is 11.4 Å². The molecule has 0 aliphatic heterocycles. The van der Waals surface area contributed by atoms with Crippen LogP contribution in [0, 0.1) is 11.7 Å². The van der Waals surface area contributed by atoms with Crippen LogP contribution < -0.4 is 16.0 Å². The number of halogens is 1.